The number of ether oxygens (including phenoxy) is 1. The second-order valence-corrected chi connectivity index (χ2v) is 10.2. The van der Waals surface area contributed by atoms with E-state index in [4.69, 9.17) is 4.74 Å². The molecule has 1 atom stereocenters. The first-order chi connectivity index (χ1) is 16.9. The van der Waals surface area contributed by atoms with Gasteiger partial charge in [0.2, 0.25) is 5.91 Å². The van der Waals surface area contributed by atoms with Crippen molar-refractivity contribution in [3.63, 3.8) is 0 Å². The van der Waals surface area contributed by atoms with Crippen molar-refractivity contribution in [1.29, 1.82) is 0 Å². The maximum atomic E-state index is 13.9. The number of carbonyl (C=O) groups excluding carboxylic acids is 3. The summed E-state index contributed by atoms with van der Waals surface area (Å²) in [6, 6.07) is 12.5. The summed E-state index contributed by atoms with van der Waals surface area (Å²) in [6.07, 6.45) is 1.97. The SMILES string of the molecule is CCCCCN(C(=O)CNC(=O)OC(C)(C)C)C(C(=O)Nc1ccccc1C)c1c(C)cccc1C. The molecule has 1 unspecified atom stereocenters. The van der Waals surface area contributed by atoms with Crippen molar-refractivity contribution < 1.29 is 19.1 Å². The van der Waals surface area contributed by atoms with Gasteiger partial charge in [0.25, 0.3) is 5.91 Å². The largest absolute Gasteiger partial charge is 0.444 e. The van der Waals surface area contributed by atoms with Gasteiger partial charge >= 0.3 is 6.09 Å². The third kappa shape index (κ3) is 8.40. The Labute approximate surface area is 215 Å². The van der Waals surface area contributed by atoms with Crippen LogP contribution in [-0.2, 0) is 14.3 Å². The highest BCUT2D eigenvalue weighted by atomic mass is 16.6. The molecule has 7 nitrogen and oxygen atoms in total. The Kier molecular flexibility index (Phi) is 10.5. The van der Waals surface area contributed by atoms with Crippen molar-refractivity contribution in [3.8, 4) is 0 Å². The summed E-state index contributed by atoms with van der Waals surface area (Å²) in [6.45, 7) is 13.3. The zero-order chi connectivity index (χ0) is 26.9. The predicted octanol–water partition coefficient (Wildman–Crippen LogP) is 5.84. The van der Waals surface area contributed by atoms with E-state index < -0.39 is 17.7 Å². The highest BCUT2D eigenvalue weighted by molar-refractivity contribution is 5.99. The number of nitrogens with one attached hydrogen (secondary N) is 2. The summed E-state index contributed by atoms with van der Waals surface area (Å²) in [7, 11) is 0. The maximum Gasteiger partial charge on any atom is 0.408 e. The zero-order valence-electron chi connectivity index (χ0n) is 22.7. The molecule has 2 N–H and O–H groups in total. The van der Waals surface area contributed by atoms with Crippen molar-refractivity contribution in [2.24, 2.45) is 0 Å². The van der Waals surface area contributed by atoms with Crippen LogP contribution in [0.1, 0.15) is 75.3 Å². The van der Waals surface area contributed by atoms with E-state index in [1.54, 1.807) is 25.7 Å². The molecular formula is C29H41N3O4. The second kappa shape index (κ2) is 13.1. The van der Waals surface area contributed by atoms with Gasteiger partial charge in [0.1, 0.15) is 18.2 Å². The van der Waals surface area contributed by atoms with E-state index >= 15 is 0 Å². The number of aryl methyl sites for hydroxylation is 3. The minimum atomic E-state index is -0.851. The van der Waals surface area contributed by atoms with Crippen LogP contribution < -0.4 is 10.6 Å². The molecule has 2 rings (SSSR count). The molecule has 2 aromatic carbocycles. The summed E-state index contributed by atoms with van der Waals surface area (Å²) in [5.74, 6) is -0.631. The highest BCUT2D eigenvalue weighted by Crippen LogP contribution is 2.30. The lowest BCUT2D eigenvalue weighted by atomic mass is 9.93. The minimum absolute atomic E-state index is 0.264. The molecule has 0 saturated heterocycles. The number of alkyl carbamates (subject to hydrolysis) is 1. The third-order valence-electron chi connectivity index (χ3n) is 5.88. The summed E-state index contributed by atoms with van der Waals surface area (Å²) in [5.41, 5.74) is 3.60. The Hall–Kier alpha value is -3.35. The first kappa shape index (κ1) is 28.9. The van der Waals surface area contributed by atoms with Gasteiger partial charge in [-0.25, -0.2) is 4.79 Å². The number of rotatable bonds is 10. The number of benzene rings is 2. The number of amides is 3. The Bertz CT molecular complexity index is 1040. The van der Waals surface area contributed by atoms with Crippen LogP contribution in [-0.4, -0.2) is 41.5 Å². The number of carbonyl (C=O) groups is 3. The van der Waals surface area contributed by atoms with Crippen LogP contribution in [0.15, 0.2) is 42.5 Å². The molecule has 7 heteroatoms. The molecule has 0 bridgehead atoms. The van der Waals surface area contributed by atoms with Crippen LogP contribution in [0.2, 0.25) is 0 Å². The zero-order valence-corrected chi connectivity index (χ0v) is 22.7. The van der Waals surface area contributed by atoms with Crippen LogP contribution in [0.25, 0.3) is 0 Å². The normalized spacial score (nSPS) is 12.0. The lowest BCUT2D eigenvalue weighted by Gasteiger charge is -2.33. The van der Waals surface area contributed by atoms with Gasteiger partial charge in [-0.3, -0.25) is 9.59 Å². The van der Waals surface area contributed by atoms with Crippen LogP contribution in [0.5, 0.6) is 0 Å². The molecule has 0 aliphatic rings. The molecule has 0 fully saturated rings. The molecule has 0 heterocycles. The molecule has 3 amide bonds. The standard InChI is InChI=1S/C29H41N3O4/c1-8-9-12-18-32(24(33)19-30-28(35)36-29(5,6)7)26(25-21(3)15-13-16-22(25)4)27(34)31-23-17-11-10-14-20(23)2/h10-11,13-17,26H,8-9,12,18-19H2,1-7H3,(H,30,35)(H,31,34). The van der Waals surface area contributed by atoms with Crippen LogP contribution >= 0.6 is 0 Å². The van der Waals surface area contributed by atoms with E-state index in [0.717, 1.165) is 41.5 Å². The molecule has 196 valence electrons. The summed E-state index contributed by atoms with van der Waals surface area (Å²) in [5, 5.41) is 5.60. The summed E-state index contributed by atoms with van der Waals surface area (Å²) < 4.78 is 5.29. The molecule has 36 heavy (non-hydrogen) atoms. The molecule has 2 aromatic rings. The topological polar surface area (TPSA) is 87.7 Å². The van der Waals surface area contributed by atoms with Gasteiger partial charge in [-0.1, -0.05) is 56.2 Å². The van der Waals surface area contributed by atoms with E-state index in [9.17, 15) is 14.4 Å². The fourth-order valence-corrected chi connectivity index (χ4v) is 4.09. The monoisotopic (exact) mass is 495 g/mol. The lowest BCUT2D eigenvalue weighted by Crippen LogP contribution is -2.47. The van der Waals surface area contributed by atoms with Crippen LogP contribution in [0.3, 0.4) is 0 Å². The Balaban J connectivity index is 2.44. The van der Waals surface area contributed by atoms with E-state index in [0.29, 0.717) is 12.2 Å². The summed E-state index contributed by atoms with van der Waals surface area (Å²) in [4.78, 5) is 41.2. The average Bonchev–Trinajstić information content (AvgIpc) is 2.79. The fraction of sp³-hybridized carbons (Fsp3) is 0.483. The number of hydrogen-bond donors (Lipinski definition) is 2. The second-order valence-electron chi connectivity index (χ2n) is 10.2. The van der Waals surface area contributed by atoms with Crippen molar-refractivity contribution in [2.45, 2.75) is 79.4 Å². The first-order valence-corrected chi connectivity index (χ1v) is 12.6. The van der Waals surface area contributed by atoms with E-state index in [1.807, 2.05) is 63.2 Å². The van der Waals surface area contributed by atoms with Gasteiger partial charge < -0.3 is 20.3 Å². The molecular weight excluding hydrogens is 454 g/mol. The van der Waals surface area contributed by atoms with Gasteiger partial charge in [0, 0.05) is 12.2 Å². The number of para-hydroxylation sites is 1. The van der Waals surface area contributed by atoms with E-state index in [2.05, 4.69) is 17.6 Å². The van der Waals surface area contributed by atoms with Crippen molar-refractivity contribution in [1.82, 2.24) is 10.2 Å². The third-order valence-corrected chi connectivity index (χ3v) is 5.88. The fourth-order valence-electron chi connectivity index (χ4n) is 4.09. The maximum absolute atomic E-state index is 13.9. The molecule has 0 spiro atoms. The van der Waals surface area contributed by atoms with Gasteiger partial charge in [-0.15, -0.1) is 0 Å². The van der Waals surface area contributed by atoms with Gasteiger partial charge in [0.15, 0.2) is 0 Å². The predicted molar refractivity (Wildman–Crippen MR) is 144 cm³/mol. The van der Waals surface area contributed by atoms with Crippen LogP contribution in [0, 0.1) is 20.8 Å². The molecule has 0 saturated carbocycles. The molecule has 0 aromatic heterocycles. The van der Waals surface area contributed by atoms with Gasteiger partial charge in [-0.2, -0.15) is 0 Å². The smallest absolute Gasteiger partial charge is 0.408 e. The number of unbranched alkanes of at least 4 members (excludes halogenated alkanes) is 2. The Morgan fingerprint density at radius 3 is 2.11 bits per heavy atom. The number of hydrogen-bond acceptors (Lipinski definition) is 4. The van der Waals surface area contributed by atoms with E-state index in [1.165, 1.54) is 0 Å². The molecule has 0 radical (unpaired) electrons. The molecule has 0 aliphatic carbocycles. The van der Waals surface area contributed by atoms with E-state index in [-0.39, 0.29) is 18.4 Å². The van der Waals surface area contributed by atoms with Crippen molar-refractivity contribution in [2.75, 3.05) is 18.4 Å². The van der Waals surface area contributed by atoms with Crippen molar-refractivity contribution in [3.05, 3.63) is 64.7 Å². The van der Waals surface area contributed by atoms with Gasteiger partial charge in [0.05, 0.1) is 0 Å². The summed E-state index contributed by atoms with van der Waals surface area (Å²) >= 11 is 0. The Morgan fingerprint density at radius 1 is 0.917 bits per heavy atom. The molecule has 0 aliphatic heterocycles. The highest BCUT2D eigenvalue weighted by Gasteiger charge is 2.33. The average molecular weight is 496 g/mol. The Morgan fingerprint density at radius 2 is 1.53 bits per heavy atom. The minimum Gasteiger partial charge on any atom is -0.444 e. The van der Waals surface area contributed by atoms with Gasteiger partial charge in [-0.05, 0) is 76.3 Å². The first-order valence-electron chi connectivity index (χ1n) is 12.6. The number of anilines is 1. The van der Waals surface area contributed by atoms with Crippen LogP contribution in [0.4, 0.5) is 10.5 Å². The lowest BCUT2D eigenvalue weighted by molar-refractivity contribution is -0.138. The quantitative estimate of drug-likeness (QED) is 0.406. The number of nitrogens with zero attached hydrogens (tertiary/aromatic N) is 1. The van der Waals surface area contributed by atoms with Crippen molar-refractivity contribution >= 4 is 23.6 Å².